The van der Waals surface area contributed by atoms with Crippen LogP contribution in [-0.4, -0.2) is 159 Å². The Kier molecular flexibility index (Phi) is 10.2. The number of hydrogen-bond donors (Lipinski definition) is 12. The van der Waals surface area contributed by atoms with Gasteiger partial charge in [0, 0.05) is 0 Å². The van der Waals surface area contributed by atoms with Gasteiger partial charge in [-0.1, -0.05) is 0 Å². The summed E-state index contributed by atoms with van der Waals surface area (Å²) in [6.07, 6.45) is -17.3. The van der Waals surface area contributed by atoms with Gasteiger partial charge >= 0.3 is 0 Å². The van der Waals surface area contributed by atoms with Gasteiger partial charge in [0.1, 0.15) is 60.9 Å². The Balaban J connectivity index is 1.96. The minimum Gasteiger partial charge on any atom is -0.394 e. The van der Waals surface area contributed by atoms with Gasteiger partial charge in [-0.05, 0) is 14.0 Å². The number of aliphatic hydroxyl groups is 7. The van der Waals surface area contributed by atoms with Crippen molar-refractivity contribution in [3.05, 3.63) is 0 Å². The maximum atomic E-state index is 12.1. The van der Waals surface area contributed by atoms with Gasteiger partial charge in [-0.25, -0.2) is 9.98 Å². The smallest absolute Gasteiger partial charge is 0.188 e. The maximum absolute atomic E-state index is 12.1. The molecule has 0 unspecified atom stereocenters. The molecule has 3 rings (SSSR count). The number of carbonyl (C=O) groups excluding carboxylic acids is 1. The van der Waals surface area contributed by atoms with Crippen LogP contribution in [0.3, 0.4) is 0 Å². The fraction of sp³-hybridized carbons (Fsp3) is 0.857. The molecule has 19 nitrogen and oxygen atoms in total. The van der Waals surface area contributed by atoms with Gasteiger partial charge < -0.3 is 82.9 Å². The van der Waals surface area contributed by atoms with Crippen LogP contribution in [0, 0.1) is 0 Å². The number of aliphatic hydroxyl groups excluding tert-OH is 6. The lowest BCUT2D eigenvalue weighted by Crippen LogP contribution is -2.66. The number of nitrogens with one attached hydrogen (secondary N) is 1. The first kappa shape index (κ1) is 32.2. The van der Waals surface area contributed by atoms with E-state index in [4.69, 9.17) is 41.9 Å². The fourth-order valence-electron chi connectivity index (χ4n) is 5.08. The number of likely N-dealkylation sites (N-methyl/N-ethyl adjacent to an activating group) is 1. The highest BCUT2D eigenvalue weighted by molar-refractivity contribution is 5.76. The molecule has 0 spiro atoms. The molecule has 2 heterocycles. The highest BCUT2D eigenvalue weighted by Crippen LogP contribution is 2.38. The second-order valence-corrected chi connectivity index (χ2v) is 9.89. The molecule has 230 valence electrons. The van der Waals surface area contributed by atoms with Gasteiger partial charge in [0.05, 0.1) is 18.8 Å². The summed E-state index contributed by atoms with van der Waals surface area (Å²) in [5.41, 5.74) is 19.4. The van der Waals surface area contributed by atoms with Crippen LogP contribution in [0.2, 0.25) is 0 Å². The van der Waals surface area contributed by atoms with E-state index < -0.39 is 110 Å². The SMILES string of the molecule is CN[C@@H]1[C@H](O[C@H]2[C@H](O[C@H]3[C@@H](O)[C@H](O)[C@@H](N=C(N)N)[C@H](O)[C@H]3N=C(N)N)O[C@@H](C)[C@]2(O)C=O)O[C@@H](CO)[C@H](O)[C@H]1O. The number of nitrogens with zero attached hydrogens (tertiary/aromatic N) is 2. The first-order valence-corrected chi connectivity index (χ1v) is 12.4. The number of ether oxygens (including phenoxy) is 4. The largest absolute Gasteiger partial charge is 0.394 e. The van der Waals surface area contributed by atoms with E-state index in [1.165, 1.54) is 14.0 Å². The lowest BCUT2D eigenvalue weighted by molar-refractivity contribution is -0.314. The molecule has 19 heteroatoms. The molecule has 0 radical (unpaired) electrons. The summed E-state index contributed by atoms with van der Waals surface area (Å²) in [4.78, 5) is 19.7. The predicted molar refractivity (Wildman–Crippen MR) is 133 cm³/mol. The molecule has 16 N–H and O–H groups in total. The van der Waals surface area contributed by atoms with E-state index in [1.807, 2.05) is 0 Å². The summed E-state index contributed by atoms with van der Waals surface area (Å²) < 4.78 is 22.9. The average Bonchev–Trinajstić information content (AvgIpc) is 3.13. The van der Waals surface area contributed by atoms with Gasteiger partial charge in [0.2, 0.25) is 0 Å². The highest BCUT2D eigenvalue weighted by Gasteiger charge is 2.60. The molecule has 3 fully saturated rings. The number of guanidine groups is 2. The number of aliphatic imine (C=N–C) groups is 2. The predicted octanol–water partition coefficient (Wildman–Crippen LogP) is -8.16. The first-order valence-electron chi connectivity index (χ1n) is 12.4. The molecule has 2 saturated heterocycles. The Bertz CT molecular complexity index is 940. The van der Waals surface area contributed by atoms with Crippen molar-refractivity contribution in [3.8, 4) is 0 Å². The second kappa shape index (κ2) is 12.7. The zero-order chi connectivity index (χ0) is 30.1. The average molecular weight is 582 g/mol. The standard InChI is InChI=1S/C21H39N7O12/c1-5-21(36,4-30)16(40-17-9(26-2)13(34)10(31)6(3-29)38-17)18(37-5)39-15-8(28-20(24)25)11(32)7(27-19(22)23)12(33)14(15)35/h4-18,26,29,31-36H,3H2,1-2H3,(H4,22,23,27)(H4,24,25,28)/t5-,6-,7-,8+,9-,10-,11-,12+,13-,14-,15+,16-,17-,18-,21+/m0/s1. The minimum atomic E-state index is -2.38. The lowest BCUT2D eigenvalue weighted by atomic mass is 9.81. The third-order valence-electron chi connectivity index (χ3n) is 7.34. The molecular weight excluding hydrogens is 542 g/mol. The van der Waals surface area contributed by atoms with Crippen LogP contribution in [0.5, 0.6) is 0 Å². The molecule has 0 aromatic carbocycles. The van der Waals surface area contributed by atoms with Crippen molar-refractivity contribution in [3.63, 3.8) is 0 Å². The monoisotopic (exact) mass is 581 g/mol. The number of aldehydes is 1. The Morgan fingerprint density at radius 2 is 1.50 bits per heavy atom. The van der Waals surface area contributed by atoms with E-state index in [0.29, 0.717) is 0 Å². The zero-order valence-corrected chi connectivity index (χ0v) is 21.7. The van der Waals surface area contributed by atoms with Gasteiger partial charge in [-0.2, -0.15) is 0 Å². The minimum absolute atomic E-state index is 0.140. The van der Waals surface area contributed by atoms with Crippen LogP contribution in [0.15, 0.2) is 9.98 Å². The van der Waals surface area contributed by atoms with E-state index in [2.05, 4.69) is 15.3 Å². The summed E-state index contributed by atoms with van der Waals surface area (Å²) in [5.74, 6) is -1.03. The van der Waals surface area contributed by atoms with Crippen LogP contribution in [0.4, 0.5) is 0 Å². The zero-order valence-electron chi connectivity index (χ0n) is 21.7. The van der Waals surface area contributed by atoms with Crippen molar-refractivity contribution in [2.45, 2.75) is 98.2 Å². The summed E-state index contributed by atoms with van der Waals surface area (Å²) in [6, 6.07) is -4.08. The van der Waals surface area contributed by atoms with E-state index >= 15 is 0 Å². The second-order valence-electron chi connectivity index (χ2n) is 9.89. The molecule has 40 heavy (non-hydrogen) atoms. The van der Waals surface area contributed by atoms with Crippen molar-refractivity contribution >= 4 is 18.2 Å². The Morgan fingerprint density at radius 3 is 2.02 bits per heavy atom. The Morgan fingerprint density at radius 1 is 0.900 bits per heavy atom. The van der Waals surface area contributed by atoms with Gasteiger partial charge in [0.15, 0.2) is 36.4 Å². The van der Waals surface area contributed by atoms with Gasteiger partial charge in [-0.3, -0.25) is 4.79 Å². The van der Waals surface area contributed by atoms with Crippen LogP contribution in [-0.2, 0) is 23.7 Å². The van der Waals surface area contributed by atoms with E-state index in [9.17, 15) is 40.5 Å². The van der Waals surface area contributed by atoms with Gasteiger partial charge in [-0.15, -0.1) is 0 Å². The molecule has 0 amide bonds. The van der Waals surface area contributed by atoms with Crippen molar-refractivity contribution < 1.29 is 59.5 Å². The highest BCUT2D eigenvalue weighted by atomic mass is 16.8. The molecule has 15 atom stereocenters. The molecule has 2 aliphatic heterocycles. The molecule has 3 aliphatic rings. The van der Waals surface area contributed by atoms with Crippen molar-refractivity contribution in [2.24, 2.45) is 32.9 Å². The van der Waals surface area contributed by atoms with Crippen LogP contribution in [0.25, 0.3) is 0 Å². The van der Waals surface area contributed by atoms with Crippen molar-refractivity contribution in [1.29, 1.82) is 0 Å². The van der Waals surface area contributed by atoms with E-state index in [0.717, 1.165) is 0 Å². The quantitative estimate of drug-likeness (QED) is 0.0682. The van der Waals surface area contributed by atoms with Crippen LogP contribution in [0.1, 0.15) is 6.92 Å². The first-order chi connectivity index (χ1) is 18.7. The number of nitrogens with two attached hydrogens (primary N) is 4. The molecule has 0 bridgehead atoms. The summed E-state index contributed by atoms with van der Waals surface area (Å²) in [6.45, 7) is 0.620. The maximum Gasteiger partial charge on any atom is 0.188 e. The normalized spacial score (nSPS) is 47.4. The van der Waals surface area contributed by atoms with Crippen molar-refractivity contribution in [2.75, 3.05) is 13.7 Å². The number of rotatable bonds is 9. The summed E-state index contributed by atoms with van der Waals surface area (Å²) in [5, 5.41) is 76.6. The third-order valence-corrected chi connectivity index (χ3v) is 7.34. The van der Waals surface area contributed by atoms with Gasteiger partial charge in [0.25, 0.3) is 0 Å². The fourth-order valence-corrected chi connectivity index (χ4v) is 5.08. The Hall–Kier alpha value is -2.27. The van der Waals surface area contributed by atoms with Crippen LogP contribution >= 0.6 is 0 Å². The van der Waals surface area contributed by atoms with Crippen molar-refractivity contribution in [1.82, 2.24) is 5.32 Å². The lowest BCUT2D eigenvalue weighted by Gasteiger charge is -2.45. The molecule has 0 aromatic rings. The topological polar surface area (TPSA) is 336 Å². The number of hydrogen-bond acceptors (Lipinski definition) is 15. The summed E-state index contributed by atoms with van der Waals surface area (Å²) in [7, 11) is 1.42. The molecule has 0 aromatic heterocycles. The van der Waals surface area contributed by atoms with E-state index in [-0.39, 0.29) is 6.29 Å². The number of carbonyl (C=O) groups is 1. The molecular formula is C21H39N7O12. The Labute approximate surface area is 228 Å². The summed E-state index contributed by atoms with van der Waals surface area (Å²) >= 11 is 0. The molecule has 1 saturated carbocycles. The third kappa shape index (κ3) is 6.00. The van der Waals surface area contributed by atoms with Crippen LogP contribution < -0.4 is 28.3 Å². The molecule has 1 aliphatic carbocycles. The van der Waals surface area contributed by atoms with E-state index in [1.54, 1.807) is 0 Å².